The first-order chi connectivity index (χ1) is 21.9. The Labute approximate surface area is 284 Å². The SMILES string of the molecule is CC(C)(C)c1cc(CCCCCCCCCCCCc2cc(C3CCCCC3)c(O)c(C(C)(C)C)c2)cc(C2CCCCC2)c1O. The standard InChI is InChI=1S/C44H70O2/c1-43(2,3)39-31-33(29-37(41(39)45)35-25-19-15-20-26-35)23-17-13-11-9-7-8-10-12-14-18-24-34-30-38(36-27-21-16-22-28-36)42(46)40(32-34)44(4,5)6/h29-32,35-36,45-46H,7-28H2,1-6H3. The molecule has 2 fully saturated rings. The van der Waals surface area contributed by atoms with Crippen LogP contribution in [0, 0.1) is 0 Å². The molecule has 0 amide bonds. The van der Waals surface area contributed by atoms with Crippen molar-refractivity contribution in [2.24, 2.45) is 0 Å². The van der Waals surface area contributed by atoms with E-state index in [1.54, 1.807) is 0 Å². The van der Waals surface area contributed by atoms with Crippen LogP contribution in [0.4, 0.5) is 0 Å². The topological polar surface area (TPSA) is 40.5 Å². The Hall–Kier alpha value is -1.96. The predicted octanol–water partition coefficient (Wildman–Crippen LogP) is 13.5. The zero-order valence-electron chi connectivity index (χ0n) is 30.9. The van der Waals surface area contributed by atoms with E-state index >= 15 is 0 Å². The lowest BCUT2D eigenvalue weighted by molar-refractivity contribution is 0.402. The van der Waals surface area contributed by atoms with Crippen LogP contribution in [0.1, 0.15) is 215 Å². The molecule has 0 bridgehead atoms. The highest BCUT2D eigenvalue weighted by molar-refractivity contribution is 5.50. The van der Waals surface area contributed by atoms with Crippen LogP contribution >= 0.6 is 0 Å². The van der Waals surface area contributed by atoms with E-state index < -0.39 is 0 Å². The van der Waals surface area contributed by atoms with Crippen LogP contribution in [0.25, 0.3) is 0 Å². The number of phenolic OH excluding ortho intramolecular Hbond substituents is 2. The van der Waals surface area contributed by atoms with Crippen molar-refractivity contribution < 1.29 is 10.2 Å². The normalized spacial score (nSPS) is 17.1. The van der Waals surface area contributed by atoms with Crippen LogP contribution in [0.3, 0.4) is 0 Å². The molecule has 0 aliphatic heterocycles. The Morgan fingerprint density at radius 2 is 0.761 bits per heavy atom. The zero-order valence-corrected chi connectivity index (χ0v) is 30.9. The molecule has 2 aliphatic carbocycles. The summed E-state index contributed by atoms with van der Waals surface area (Å²) in [6.45, 7) is 13.4. The van der Waals surface area contributed by atoms with Crippen molar-refractivity contribution in [3.63, 3.8) is 0 Å². The number of benzene rings is 2. The van der Waals surface area contributed by atoms with Crippen molar-refractivity contribution in [3.05, 3.63) is 57.6 Å². The minimum Gasteiger partial charge on any atom is -0.507 e. The molecule has 2 heteroatoms. The number of hydrogen-bond donors (Lipinski definition) is 2. The maximum Gasteiger partial charge on any atom is 0.122 e. The highest BCUT2D eigenvalue weighted by atomic mass is 16.3. The Kier molecular flexibility index (Phi) is 14.0. The minimum atomic E-state index is -0.0249. The van der Waals surface area contributed by atoms with E-state index in [-0.39, 0.29) is 10.8 Å². The summed E-state index contributed by atoms with van der Waals surface area (Å²) in [6, 6.07) is 9.34. The summed E-state index contributed by atoms with van der Waals surface area (Å²) < 4.78 is 0. The smallest absolute Gasteiger partial charge is 0.122 e. The Bertz CT molecular complexity index is 1100. The van der Waals surface area contributed by atoms with Crippen LogP contribution < -0.4 is 0 Å². The van der Waals surface area contributed by atoms with Crippen LogP contribution in [0.15, 0.2) is 24.3 Å². The van der Waals surface area contributed by atoms with E-state index in [2.05, 4.69) is 65.8 Å². The molecule has 2 nitrogen and oxygen atoms in total. The maximum absolute atomic E-state index is 11.2. The number of aromatic hydroxyl groups is 2. The fourth-order valence-electron chi connectivity index (χ4n) is 8.39. The fourth-order valence-corrected chi connectivity index (χ4v) is 8.39. The molecule has 2 aromatic carbocycles. The molecule has 0 atom stereocenters. The van der Waals surface area contributed by atoms with Gasteiger partial charge in [-0.15, -0.1) is 0 Å². The molecule has 2 aromatic rings. The maximum atomic E-state index is 11.2. The molecule has 0 heterocycles. The first-order valence-electron chi connectivity index (χ1n) is 19.7. The molecule has 0 aromatic heterocycles. The number of aryl methyl sites for hydroxylation is 2. The fraction of sp³-hybridized carbons (Fsp3) is 0.727. The van der Waals surface area contributed by atoms with Gasteiger partial charge < -0.3 is 10.2 Å². The van der Waals surface area contributed by atoms with Gasteiger partial charge in [0.25, 0.3) is 0 Å². The summed E-state index contributed by atoms with van der Waals surface area (Å²) in [6.07, 6.45) is 28.5. The summed E-state index contributed by atoms with van der Waals surface area (Å²) in [5, 5.41) is 22.4. The van der Waals surface area contributed by atoms with Crippen molar-refractivity contribution in [2.45, 2.75) is 205 Å². The summed E-state index contributed by atoms with van der Waals surface area (Å²) >= 11 is 0. The third-order valence-electron chi connectivity index (χ3n) is 11.3. The van der Waals surface area contributed by atoms with Crippen molar-refractivity contribution in [3.8, 4) is 11.5 Å². The molecule has 46 heavy (non-hydrogen) atoms. The van der Waals surface area contributed by atoms with E-state index in [9.17, 15) is 10.2 Å². The highest BCUT2D eigenvalue weighted by Gasteiger charge is 2.27. The lowest BCUT2D eigenvalue weighted by atomic mass is 9.78. The molecular formula is C44H70O2. The predicted molar refractivity (Wildman–Crippen MR) is 199 cm³/mol. The van der Waals surface area contributed by atoms with Crippen LogP contribution in [-0.2, 0) is 23.7 Å². The monoisotopic (exact) mass is 631 g/mol. The molecule has 2 N–H and O–H groups in total. The van der Waals surface area contributed by atoms with Gasteiger partial charge in [-0.2, -0.15) is 0 Å². The Balaban J connectivity index is 1.13. The third-order valence-corrected chi connectivity index (χ3v) is 11.3. The first-order valence-corrected chi connectivity index (χ1v) is 19.7. The van der Waals surface area contributed by atoms with Gasteiger partial charge in [0.2, 0.25) is 0 Å². The Morgan fingerprint density at radius 1 is 0.457 bits per heavy atom. The Morgan fingerprint density at radius 3 is 1.07 bits per heavy atom. The largest absolute Gasteiger partial charge is 0.507 e. The van der Waals surface area contributed by atoms with Gasteiger partial charge in [0, 0.05) is 0 Å². The summed E-state index contributed by atoms with van der Waals surface area (Å²) in [5.41, 5.74) is 7.60. The van der Waals surface area contributed by atoms with Gasteiger partial charge in [0.1, 0.15) is 11.5 Å². The van der Waals surface area contributed by atoms with Gasteiger partial charge in [-0.25, -0.2) is 0 Å². The van der Waals surface area contributed by atoms with Crippen molar-refractivity contribution in [2.75, 3.05) is 0 Å². The minimum absolute atomic E-state index is 0.0249. The van der Waals surface area contributed by atoms with E-state index in [0.717, 1.165) is 24.0 Å². The molecule has 0 saturated heterocycles. The van der Waals surface area contributed by atoms with E-state index in [0.29, 0.717) is 23.3 Å². The third kappa shape index (κ3) is 10.8. The van der Waals surface area contributed by atoms with Gasteiger partial charge in [-0.1, -0.05) is 156 Å². The van der Waals surface area contributed by atoms with Gasteiger partial charge in [0.15, 0.2) is 0 Å². The second kappa shape index (κ2) is 17.4. The summed E-state index contributed by atoms with van der Waals surface area (Å²) in [7, 11) is 0. The van der Waals surface area contributed by atoms with E-state index in [1.165, 1.54) is 151 Å². The molecule has 258 valence electrons. The molecule has 0 spiro atoms. The van der Waals surface area contributed by atoms with Crippen molar-refractivity contribution in [1.82, 2.24) is 0 Å². The highest BCUT2D eigenvalue weighted by Crippen LogP contribution is 2.44. The number of phenols is 2. The molecular weight excluding hydrogens is 560 g/mol. The molecule has 2 aliphatic rings. The van der Waals surface area contributed by atoms with Gasteiger partial charge in [-0.05, 0) is 107 Å². The van der Waals surface area contributed by atoms with E-state index in [4.69, 9.17) is 0 Å². The summed E-state index contributed by atoms with van der Waals surface area (Å²) in [4.78, 5) is 0. The molecule has 0 radical (unpaired) electrons. The van der Waals surface area contributed by atoms with Crippen LogP contribution in [-0.4, -0.2) is 10.2 Å². The van der Waals surface area contributed by atoms with E-state index in [1.807, 2.05) is 0 Å². The first kappa shape index (κ1) is 36.9. The van der Waals surface area contributed by atoms with Crippen molar-refractivity contribution in [1.29, 1.82) is 0 Å². The number of hydrogen-bond acceptors (Lipinski definition) is 2. The second-order valence-corrected chi connectivity index (χ2v) is 17.4. The van der Waals surface area contributed by atoms with Crippen molar-refractivity contribution >= 4 is 0 Å². The lowest BCUT2D eigenvalue weighted by Crippen LogP contribution is -2.15. The average molecular weight is 631 g/mol. The second-order valence-electron chi connectivity index (χ2n) is 17.4. The quantitative estimate of drug-likeness (QED) is 0.192. The number of rotatable bonds is 15. The molecule has 4 rings (SSSR count). The lowest BCUT2D eigenvalue weighted by Gasteiger charge is -2.28. The van der Waals surface area contributed by atoms with Gasteiger partial charge >= 0.3 is 0 Å². The number of unbranched alkanes of at least 4 members (excludes halogenated alkanes) is 9. The van der Waals surface area contributed by atoms with Crippen LogP contribution in [0.5, 0.6) is 11.5 Å². The van der Waals surface area contributed by atoms with Gasteiger partial charge in [0.05, 0.1) is 0 Å². The zero-order chi connectivity index (χ0) is 33.2. The molecule has 2 saturated carbocycles. The van der Waals surface area contributed by atoms with Crippen LogP contribution in [0.2, 0.25) is 0 Å². The molecule has 0 unspecified atom stereocenters. The van der Waals surface area contributed by atoms with Gasteiger partial charge in [-0.3, -0.25) is 0 Å². The summed E-state index contributed by atoms with van der Waals surface area (Å²) in [5.74, 6) is 2.26. The average Bonchev–Trinajstić information content (AvgIpc) is 3.02.